The largest absolute Gasteiger partial charge is 0.480 e. The number of nitrogens with zero attached hydrogens (tertiary/aromatic N) is 4. The van der Waals surface area contributed by atoms with Gasteiger partial charge in [-0.2, -0.15) is 4.68 Å². The summed E-state index contributed by atoms with van der Waals surface area (Å²) in [7, 11) is 0. The van der Waals surface area contributed by atoms with Crippen molar-refractivity contribution in [3.05, 3.63) is 54.1 Å². The van der Waals surface area contributed by atoms with Gasteiger partial charge in [-0.3, -0.25) is 9.59 Å². The van der Waals surface area contributed by atoms with E-state index >= 15 is 0 Å². The molecule has 3 atom stereocenters. The van der Waals surface area contributed by atoms with E-state index in [2.05, 4.69) is 31.5 Å². The highest BCUT2D eigenvalue weighted by atomic mass is 79.9. The van der Waals surface area contributed by atoms with Crippen molar-refractivity contribution in [2.45, 2.75) is 35.7 Å². The number of hydrogen-bond acceptors (Lipinski definition) is 6. The lowest BCUT2D eigenvalue weighted by Crippen LogP contribution is -2.49. The number of carbonyl (C=O) groups is 2. The Hall–Kier alpha value is -2.26. The number of aromatic nitrogens is 4. The number of para-hydroxylation sites is 1. The zero-order valence-electron chi connectivity index (χ0n) is 16.1. The smallest absolute Gasteiger partial charge is 0.318 e. The minimum atomic E-state index is -1.32. The molecule has 2 aromatic rings. The van der Waals surface area contributed by atoms with Gasteiger partial charge in [-0.15, -0.1) is 5.10 Å². The van der Waals surface area contributed by atoms with Crippen LogP contribution in [0.1, 0.15) is 25.7 Å². The fourth-order valence-electron chi connectivity index (χ4n) is 4.14. The number of rotatable bonds is 6. The van der Waals surface area contributed by atoms with Crippen LogP contribution in [0.15, 0.2) is 59.3 Å². The van der Waals surface area contributed by atoms with Crippen molar-refractivity contribution in [1.29, 1.82) is 0 Å². The molecule has 0 amide bonds. The molecule has 4 rings (SSSR count). The van der Waals surface area contributed by atoms with Crippen molar-refractivity contribution >= 4 is 39.4 Å². The van der Waals surface area contributed by atoms with Gasteiger partial charge in [0.05, 0.1) is 16.4 Å². The summed E-state index contributed by atoms with van der Waals surface area (Å²) in [6.07, 6.45) is 8.90. The fraction of sp³-hybridized carbons (Fsp3) is 0.381. The van der Waals surface area contributed by atoms with Gasteiger partial charge < -0.3 is 5.11 Å². The van der Waals surface area contributed by atoms with E-state index in [1.165, 1.54) is 11.8 Å². The monoisotopic (exact) mass is 488 g/mol. The molecule has 0 saturated carbocycles. The second-order valence-electron chi connectivity index (χ2n) is 7.38. The number of tetrazole rings is 1. The number of hydrogen-bond donors (Lipinski definition) is 1. The van der Waals surface area contributed by atoms with Crippen LogP contribution < -0.4 is 0 Å². The van der Waals surface area contributed by atoms with E-state index in [9.17, 15) is 14.7 Å². The number of aliphatic carboxylic acids is 1. The molecule has 2 aliphatic carbocycles. The van der Waals surface area contributed by atoms with Gasteiger partial charge in [0.2, 0.25) is 5.16 Å². The van der Waals surface area contributed by atoms with Gasteiger partial charge in [0.1, 0.15) is 5.41 Å². The average molecular weight is 489 g/mol. The summed E-state index contributed by atoms with van der Waals surface area (Å²) in [5.41, 5.74) is 0.316. The molecule has 0 fully saturated rings. The quantitative estimate of drug-likeness (QED) is 0.374. The maximum absolute atomic E-state index is 13.1. The third-order valence-corrected chi connectivity index (χ3v) is 7.46. The van der Waals surface area contributed by atoms with Gasteiger partial charge in [-0.05, 0) is 48.2 Å². The Balaban J connectivity index is 1.67. The van der Waals surface area contributed by atoms with Crippen molar-refractivity contribution in [2.24, 2.45) is 11.3 Å². The molecule has 0 saturated heterocycles. The summed E-state index contributed by atoms with van der Waals surface area (Å²) < 4.78 is 1.60. The Bertz CT molecular complexity index is 1010. The van der Waals surface area contributed by atoms with Crippen LogP contribution in [0.2, 0.25) is 0 Å². The molecule has 1 heterocycles. The molecule has 9 heteroatoms. The Morgan fingerprint density at radius 2 is 2.10 bits per heavy atom. The van der Waals surface area contributed by atoms with Gasteiger partial charge in [0.15, 0.2) is 5.78 Å². The zero-order valence-corrected chi connectivity index (χ0v) is 18.6. The number of benzene rings is 1. The van der Waals surface area contributed by atoms with E-state index < -0.39 is 22.1 Å². The number of alkyl halides is 1. The minimum absolute atomic E-state index is 0.127. The molecule has 1 N–H and O–H groups in total. The van der Waals surface area contributed by atoms with Gasteiger partial charge in [-0.25, -0.2) is 0 Å². The van der Waals surface area contributed by atoms with Crippen LogP contribution in [0.25, 0.3) is 5.69 Å². The molecule has 0 bridgehead atoms. The Kier molecular flexibility index (Phi) is 6.19. The van der Waals surface area contributed by atoms with Crippen LogP contribution in [0, 0.1) is 11.3 Å². The molecule has 1 aromatic heterocycles. The third kappa shape index (κ3) is 3.76. The lowest BCUT2D eigenvalue weighted by Gasteiger charge is -2.40. The van der Waals surface area contributed by atoms with E-state index in [1.54, 1.807) is 16.8 Å². The summed E-state index contributed by atoms with van der Waals surface area (Å²) in [4.78, 5) is 25.2. The van der Waals surface area contributed by atoms with E-state index in [1.807, 2.05) is 36.4 Å². The second-order valence-corrected chi connectivity index (χ2v) is 9.36. The minimum Gasteiger partial charge on any atom is -0.480 e. The number of Topliss-reactive ketones (excluding diaryl/α,β-unsaturated/α-hetero) is 1. The normalized spacial score (nSPS) is 26.4. The number of carboxylic acid groups (broad SMARTS) is 1. The van der Waals surface area contributed by atoms with Gasteiger partial charge in [0, 0.05) is 5.75 Å². The van der Waals surface area contributed by atoms with Crippen molar-refractivity contribution in [3.8, 4) is 5.69 Å². The molecular formula is C21H21BrN4O3S. The molecule has 156 valence electrons. The van der Waals surface area contributed by atoms with Crippen LogP contribution in [0.4, 0.5) is 0 Å². The van der Waals surface area contributed by atoms with E-state index in [4.69, 9.17) is 0 Å². The topological polar surface area (TPSA) is 98.0 Å². The van der Waals surface area contributed by atoms with E-state index in [0.717, 1.165) is 30.5 Å². The molecular weight excluding hydrogens is 468 g/mol. The molecule has 3 unspecified atom stereocenters. The Morgan fingerprint density at radius 1 is 1.30 bits per heavy atom. The summed E-state index contributed by atoms with van der Waals surface area (Å²) >= 11 is 4.69. The first-order valence-electron chi connectivity index (χ1n) is 9.80. The lowest BCUT2D eigenvalue weighted by molar-refractivity contribution is -0.149. The molecule has 1 aromatic carbocycles. The first-order chi connectivity index (χ1) is 14.5. The third-order valence-electron chi connectivity index (χ3n) is 5.69. The van der Waals surface area contributed by atoms with Crippen LogP contribution >= 0.6 is 27.7 Å². The highest BCUT2D eigenvalue weighted by Gasteiger charge is 2.53. The van der Waals surface area contributed by atoms with Crippen molar-refractivity contribution in [3.63, 3.8) is 0 Å². The first kappa shape index (κ1) is 21.0. The fourth-order valence-corrected chi connectivity index (χ4v) is 5.71. The number of carboxylic acids is 1. The molecule has 30 heavy (non-hydrogen) atoms. The number of ketones is 1. The maximum Gasteiger partial charge on any atom is 0.318 e. The summed E-state index contributed by atoms with van der Waals surface area (Å²) in [5.74, 6) is -1.56. The second kappa shape index (κ2) is 8.85. The highest BCUT2D eigenvalue weighted by molar-refractivity contribution is 9.10. The number of carbonyl (C=O) groups excluding carboxylic acids is 1. The molecule has 7 nitrogen and oxygen atoms in total. The summed E-state index contributed by atoms with van der Waals surface area (Å²) in [6.45, 7) is 0. The van der Waals surface area contributed by atoms with Crippen molar-refractivity contribution in [1.82, 2.24) is 20.2 Å². The Morgan fingerprint density at radius 3 is 2.80 bits per heavy atom. The van der Waals surface area contributed by atoms with Gasteiger partial charge in [0.25, 0.3) is 0 Å². The van der Waals surface area contributed by atoms with Crippen LogP contribution in [0.5, 0.6) is 0 Å². The molecule has 2 aliphatic rings. The first-order valence-corrected chi connectivity index (χ1v) is 11.7. The van der Waals surface area contributed by atoms with Gasteiger partial charge >= 0.3 is 5.97 Å². The van der Waals surface area contributed by atoms with Gasteiger partial charge in [-0.1, -0.05) is 69.7 Å². The standard InChI is InChI=1S/C21H21BrN4O3S/c22-17-11-12-21(19(28)29,14-7-3-1-4-8-14)16(18(17)27)13-30-20-23-24-25-26(20)15-9-5-2-6-10-15/h2,5-7,9-12,16-17H,1,3-4,8,13H2,(H,28,29). The van der Waals surface area contributed by atoms with Crippen LogP contribution in [-0.2, 0) is 9.59 Å². The SMILES string of the molecule is O=C1C(Br)C=CC(C(=O)O)(C2=CCCCC2)C1CSc1nnnn1-c1ccccc1. The molecule has 0 aliphatic heterocycles. The Labute approximate surface area is 186 Å². The number of allylic oxidation sites excluding steroid dienone is 2. The van der Waals surface area contributed by atoms with E-state index in [0.29, 0.717) is 11.6 Å². The average Bonchev–Trinajstić information content (AvgIpc) is 3.24. The highest BCUT2D eigenvalue weighted by Crippen LogP contribution is 2.48. The zero-order chi connectivity index (χ0) is 21.1. The van der Waals surface area contributed by atoms with Crippen LogP contribution in [0.3, 0.4) is 0 Å². The van der Waals surface area contributed by atoms with Crippen molar-refractivity contribution < 1.29 is 14.7 Å². The summed E-state index contributed by atoms with van der Waals surface area (Å²) in [6, 6.07) is 9.46. The predicted molar refractivity (Wildman–Crippen MR) is 117 cm³/mol. The molecule has 0 spiro atoms. The summed E-state index contributed by atoms with van der Waals surface area (Å²) in [5, 5.41) is 22.7. The number of thioether (sulfide) groups is 1. The van der Waals surface area contributed by atoms with E-state index in [-0.39, 0.29) is 11.5 Å². The maximum atomic E-state index is 13.1. The van der Waals surface area contributed by atoms with Crippen LogP contribution in [-0.4, -0.2) is 47.6 Å². The predicted octanol–water partition coefficient (Wildman–Crippen LogP) is 3.84. The number of halogens is 1. The lowest BCUT2D eigenvalue weighted by atomic mass is 9.63. The molecule has 0 radical (unpaired) electrons. The van der Waals surface area contributed by atoms with Crippen molar-refractivity contribution in [2.75, 3.05) is 5.75 Å².